The highest BCUT2D eigenvalue weighted by Crippen LogP contribution is 2.36. The molecule has 0 saturated carbocycles. The largest absolute Gasteiger partial charge is 0.614 e. The molecular formula is C16H16N2O6S. The van der Waals surface area contributed by atoms with Gasteiger partial charge in [0.15, 0.2) is 12.6 Å². The number of carboxylic acid groups (broad SMARTS) is 1. The zero-order chi connectivity index (χ0) is 18.1. The molecule has 2 heterocycles. The fourth-order valence-corrected chi connectivity index (χ4v) is 4.51. The summed E-state index contributed by atoms with van der Waals surface area (Å²) in [6.07, 6.45) is 0. The summed E-state index contributed by atoms with van der Waals surface area (Å²) in [6, 6.07) is 7.69. The van der Waals surface area contributed by atoms with Crippen LogP contribution in [0.3, 0.4) is 0 Å². The highest BCUT2D eigenvalue weighted by Gasteiger charge is 2.60. The molecule has 0 spiro atoms. The third-order valence-corrected chi connectivity index (χ3v) is 5.69. The first-order valence-electron chi connectivity index (χ1n) is 7.50. The molecule has 2 aliphatic rings. The van der Waals surface area contributed by atoms with Crippen molar-refractivity contribution < 1.29 is 28.8 Å². The highest BCUT2D eigenvalue weighted by atomic mass is 32.2. The zero-order valence-electron chi connectivity index (χ0n) is 13.3. The molecule has 1 fully saturated rings. The first kappa shape index (κ1) is 17.3. The van der Waals surface area contributed by atoms with E-state index in [0.717, 1.165) is 4.90 Å². The fraction of sp³-hybridized carbons (Fsp3) is 0.312. The van der Waals surface area contributed by atoms with E-state index in [1.165, 1.54) is 6.92 Å². The number of amides is 2. The molecule has 1 aromatic rings. The maximum Gasteiger partial charge on any atom is 0.352 e. The molecule has 0 unspecified atom stereocenters. The number of hydrogen-bond donors (Lipinski definition) is 2. The van der Waals surface area contributed by atoms with Gasteiger partial charge in [0.05, 0.1) is 0 Å². The van der Waals surface area contributed by atoms with Crippen LogP contribution in [0, 0.1) is 0 Å². The van der Waals surface area contributed by atoms with E-state index in [0.29, 0.717) is 11.3 Å². The molecule has 0 radical (unpaired) electrons. The van der Waals surface area contributed by atoms with Crippen LogP contribution in [0.25, 0.3) is 0 Å². The van der Waals surface area contributed by atoms with Gasteiger partial charge in [-0.1, -0.05) is 18.2 Å². The van der Waals surface area contributed by atoms with Gasteiger partial charge in [-0.3, -0.25) is 14.5 Å². The van der Waals surface area contributed by atoms with Gasteiger partial charge in [-0.2, -0.15) is 0 Å². The lowest BCUT2D eigenvalue weighted by molar-refractivity contribution is -0.151. The number of benzene rings is 1. The van der Waals surface area contributed by atoms with Crippen molar-refractivity contribution in [2.75, 3.05) is 12.4 Å². The Morgan fingerprint density at radius 2 is 2.08 bits per heavy atom. The van der Waals surface area contributed by atoms with Crippen LogP contribution < -0.4 is 10.1 Å². The molecule has 1 saturated heterocycles. The Bertz CT molecular complexity index is 750. The van der Waals surface area contributed by atoms with Crippen LogP contribution in [0.15, 0.2) is 41.6 Å². The number of ether oxygens (including phenoxy) is 1. The van der Waals surface area contributed by atoms with Gasteiger partial charge in [-0.25, -0.2) is 4.79 Å². The molecule has 2 aliphatic heterocycles. The third kappa shape index (κ3) is 3.20. The highest BCUT2D eigenvalue weighted by molar-refractivity contribution is 7.92. The minimum absolute atomic E-state index is 0.0585. The Balaban J connectivity index is 1.64. The normalized spacial score (nSPS) is 25.1. The second-order valence-corrected chi connectivity index (χ2v) is 7.24. The molecule has 132 valence electrons. The van der Waals surface area contributed by atoms with Gasteiger partial charge < -0.3 is 19.7 Å². The minimum atomic E-state index is -1.47. The number of carbonyl (C=O) groups is 3. The number of rotatable bonds is 5. The summed E-state index contributed by atoms with van der Waals surface area (Å²) in [6.45, 7) is 1.23. The SMILES string of the molecule is CC1=C(C(=O)O)N2C(=O)[C@@H](NC(=O)COc3ccccc3)[C@H]2[S@@+]([O-])C1. The van der Waals surface area contributed by atoms with E-state index in [9.17, 15) is 24.0 Å². The molecule has 0 aliphatic carbocycles. The molecule has 9 heteroatoms. The predicted molar refractivity (Wildman–Crippen MR) is 87.8 cm³/mol. The van der Waals surface area contributed by atoms with E-state index in [4.69, 9.17) is 4.74 Å². The predicted octanol–water partition coefficient (Wildman–Crippen LogP) is -0.161. The van der Waals surface area contributed by atoms with Crippen LogP contribution in [0.1, 0.15) is 6.92 Å². The van der Waals surface area contributed by atoms with Crippen LogP contribution in [0.4, 0.5) is 0 Å². The van der Waals surface area contributed by atoms with Gasteiger partial charge in [-0.05, 0) is 30.2 Å². The minimum Gasteiger partial charge on any atom is -0.614 e. The van der Waals surface area contributed by atoms with E-state index < -0.39 is 40.4 Å². The Morgan fingerprint density at radius 1 is 1.40 bits per heavy atom. The number of carbonyl (C=O) groups excluding carboxylic acids is 2. The Hall–Kier alpha value is -2.52. The van der Waals surface area contributed by atoms with Crippen molar-refractivity contribution in [1.29, 1.82) is 0 Å². The Kier molecular flexibility index (Phi) is 4.69. The van der Waals surface area contributed by atoms with Crippen LogP contribution in [0.2, 0.25) is 0 Å². The second kappa shape index (κ2) is 6.77. The lowest BCUT2D eigenvalue weighted by atomic mass is 10.0. The van der Waals surface area contributed by atoms with Gasteiger partial charge in [0.1, 0.15) is 17.2 Å². The number of carboxylic acids is 1. The van der Waals surface area contributed by atoms with Crippen LogP contribution in [0.5, 0.6) is 5.75 Å². The molecule has 25 heavy (non-hydrogen) atoms. The number of fused-ring (bicyclic) bond motifs is 1. The van der Waals surface area contributed by atoms with Crippen molar-refractivity contribution in [2.45, 2.75) is 18.3 Å². The monoisotopic (exact) mass is 364 g/mol. The Labute approximate surface area is 146 Å². The summed E-state index contributed by atoms with van der Waals surface area (Å²) < 4.78 is 17.6. The van der Waals surface area contributed by atoms with Crippen molar-refractivity contribution in [2.24, 2.45) is 0 Å². The zero-order valence-corrected chi connectivity index (χ0v) is 14.1. The van der Waals surface area contributed by atoms with E-state index in [-0.39, 0.29) is 18.1 Å². The summed E-state index contributed by atoms with van der Waals surface area (Å²) >= 11 is -1.47. The van der Waals surface area contributed by atoms with Crippen LogP contribution in [-0.2, 0) is 25.6 Å². The number of hydrogen-bond acceptors (Lipinski definition) is 5. The van der Waals surface area contributed by atoms with Crippen molar-refractivity contribution in [3.8, 4) is 5.75 Å². The number of para-hydroxylation sites is 1. The van der Waals surface area contributed by atoms with Gasteiger partial charge >= 0.3 is 5.97 Å². The molecular weight excluding hydrogens is 348 g/mol. The van der Waals surface area contributed by atoms with Crippen LogP contribution >= 0.6 is 0 Å². The lowest BCUT2D eigenvalue weighted by Gasteiger charge is -2.48. The van der Waals surface area contributed by atoms with E-state index in [1.54, 1.807) is 24.3 Å². The molecule has 0 aromatic heterocycles. The molecule has 0 bridgehead atoms. The molecule has 3 atom stereocenters. The van der Waals surface area contributed by atoms with Crippen molar-refractivity contribution in [3.05, 3.63) is 41.6 Å². The van der Waals surface area contributed by atoms with Gasteiger partial charge in [0.25, 0.3) is 11.8 Å². The fourth-order valence-electron chi connectivity index (χ4n) is 2.84. The second-order valence-electron chi connectivity index (χ2n) is 5.70. The molecule has 2 N–H and O–H groups in total. The first-order chi connectivity index (χ1) is 11.9. The maximum absolute atomic E-state index is 12.3. The topological polar surface area (TPSA) is 119 Å². The van der Waals surface area contributed by atoms with Crippen molar-refractivity contribution in [1.82, 2.24) is 10.2 Å². The molecule has 3 rings (SSSR count). The van der Waals surface area contributed by atoms with Crippen molar-refractivity contribution >= 4 is 29.0 Å². The Morgan fingerprint density at radius 3 is 2.72 bits per heavy atom. The summed E-state index contributed by atoms with van der Waals surface area (Å²) in [7, 11) is 0. The standard InChI is InChI=1S/C16H16N2O6S/c1-9-8-25(23)15-12(14(20)18(15)13(9)16(21)22)17-11(19)7-24-10-5-3-2-4-6-10/h2-6,12,15H,7-8H2,1H3,(H,17,19)(H,21,22)/t12-,15-,25+/m1/s1. The number of aliphatic carboxylic acids is 1. The smallest absolute Gasteiger partial charge is 0.352 e. The van der Waals surface area contributed by atoms with Crippen molar-refractivity contribution in [3.63, 3.8) is 0 Å². The van der Waals surface area contributed by atoms with Crippen LogP contribution in [-0.4, -0.2) is 56.1 Å². The number of nitrogens with one attached hydrogen (secondary N) is 1. The summed E-state index contributed by atoms with van der Waals surface area (Å²) in [5.41, 5.74) is 0.230. The number of nitrogens with zero attached hydrogens (tertiary/aromatic N) is 1. The van der Waals surface area contributed by atoms with E-state index >= 15 is 0 Å². The van der Waals surface area contributed by atoms with E-state index in [2.05, 4.69) is 5.32 Å². The first-order valence-corrected chi connectivity index (χ1v) is 8.89. The average molecular weight is 364 g/mol. The van der Waals surface area contributed by atoms with Gasteiger partial charge in [0.2, 0.25) is 5.37 Å². The summed E-state index contributed by atoms with van der Waals surface area (Å²) in [5, 5.41) is 10.9. The van der Waals surface area contributed by atoms with E-state index in [1.807, 2.05) is 6.07 Å². The third-order valence-electron chi connectivity index (χ3n) is 3.95. The number of β-lactam (4-membered cyclic amide) rings is 1. The molecule has 8 nitrogen and oxygen atoms in total. The summed E-state index contributed by atoms with van der Waals surface area (Å²) in [5.74, 6) is -1.80. The molecule has 1 aromatic carbocycles. The van der Waals surface area contributed by atoms with Gasteiger partial charge in [0, 0.05) is 5.57 Å². The summed E-state index contributed by atoms with van der Waals surface area (Å²) in [4.78, 5) is 36.6. The lowest BCUT2D eigenvalue weighted by Crippen LogP contribution is -2.74. The molecule has 2 amide bonds. The maximum atomic E-state index is 12.3. The van der Waals surface area contributed by atoms with Gasteiger partial charge in [-0.15, -0.1) is 0 Å². The quantitative estimate of drug-likeness (QED) is 0.553. The average Bonchev–Trinajstić information content (AvgIpc) is 2.58.